The number of anilines is 1. The summed E-state index contributed by atoms with van der Waals surface area (Å²) in [6.07, 6.45) is 2.02. The summed E-state index contributed by atoms with van der Waals surface area (Å²) in [5, 5.41) is 3.99. The summed E-state index contributed by atoms with van der Waals surface area (Å²) in [7, 11) is 2.12. The number of likely N-dealkylation sites (N-methyl/N-ethyl adjacent to an activating group) is 1. The van der Waals surface area contributed by atoms with Crippen molar-refractivity contribution in [1.82, 2.24) is 4.90 Å². The summed E-state index contributed by atoms with van der Waals surface area (Å²) >= 11 is 6.54. The Labute approximate surface area is 154 Å². The minimum Gasteiger partial charge on any atom is -0.326 e. The summed E-state index contributed by atoms with van der Waals surface area (Å²) < 4.78 is 0. The lowest BCUT2D eigenvalue weighted by Crippen LogP contribution is -2.32. The first-order chi connectivity index (χ1) is 12.0. The second kappa shape index (κ2) is 6.47. The lowest BCUT2D eigenvalue weighted by atomic mass is 9.83. The highest BCUT2D eigenvalue weighted by Crippen LogP contribution is 2.40. The van der Waals surface area contributed by atoms with E-state index in [4.69, 9.17) is 11.6 Å². The number of hydrogen-bond acceptors (Lipinski definition) is 2. The van der Waals surface area contributed by atoms with Crippen molar-refractivity contribution in [3.8, 4) is 0 Å². The van der Waals surface area contributed by atoms with Gasteiger partial charge in [0.15, 0.2) is 0 Å². The fraction of sp³-hybridized carbons (Fsp3) is 0.381. The van der Waals surface area contributed by atoms with E-state index in [1.54, 1.807) is 0 Å². The van der Waals surface area contributed by atoms with Crippen LogP contribution in [0, 0.1) is 12.8 Å². The third-order valence-corrected chi connectivity index (χ3v) is 5.55. The van der Waals surface area contributed by atoms with Gasteiger partial charge in [-0.05, 0) is 61.2 Å². The van der Waals surface area contributed by atoms with Crippen molar-refractivity contribution >= 4 is 23.2 Å². The smallest absolute Gasteiger partial charge is 0.227 e. The zero-order valence-corrected chi connectivity index (χ0v) is 15.4. The molecule has 1 aliphatic carbocycles. The second-order valence-electron chi connectivity index (χ2n) is 7.41. The first-order valence-corrected chi connectivity index (χ1v) is 9.28. The van der Waals surface area contributed by atoms with Crippen LogP contribution >= 0.6 is 11.6 Å². The number of nitrogens with zero attached hydrogens (tertiary/aromatic N) is 1. The first-order valence-electron chi connectivity index (χ1n) is 8.90. The van der Waals surface area contributed by atoms with Crippen LogP contribution in [0.25, 0.3) is 0 Å². The van der Waals surface area contributed by atoms with Crippen molar-refractivity contribution in [2.75, 3.05) is 18.9 Å². The quantitative estimate of drug-likeness (QED) is 0.875. The molecule has 0 radical (unpaired) electrons. The number of hydrogen-bond donors (Lipinski definition) is 1. The van der Waals surface area contributed by atoms with Crippen LogP contribution in [0.1, 0.15) is 41.0 Å². The van der Waals surface area contributed by atoms with Gasteiger partial charge < -0.3 is 10.2 Å². The molecule has 3 nitrogen and oxygen atoms in total. The number of carbonyl (C=O) groups is 1. The molecule has 1 fully saturated rings. The lowest BCUT2D eigenvalue weighted by Gasteiger charge is -2.34. The highest BCUT2D eigenvalue weighted by molar-refractivity contribution is 6.31. The number of carbonyl (C=O) groups excluding carboxylic acids is 1. The van der Waals surface area contributed by atoms with Gasteiger partial charge in [0.1, 0.15) is 0 Å². The van der Waals surface area contributed by atoms with Crippen LogP contribution in [0.2, 0.25) is 5.02 Å². The van der Waals surface area contributed by atoms with E-state index in [-0.39, 0.29) is 17.7 Å². The van der Waals surface area contributed by atoms with Gasteiger partial charge in [0.25, 0.3) is 0 Å². The van der Waals surface area contributed by atoms with Crippen LogP contribution in [-0.4, -0.2) is 24.4 Å². The molecule has 0 saturated heterocycles. The number of rotatable bonds is 3. The van der Waals surface area contributed by atoms with Crippen molar-refractivity contribution in [1.29, 1.82) is 0 Å². The zero-order valence-electron chi connectivity index (χ0n) is 14.7. The molecule has 0 bridgehead atoms. The van der Waals surface area contributed by atoms with Gasteiger partial charge in [0.2, 0.25) is 5.91 Å². The van der Waals surface area contributed by atoms with E-state index >= 15 is 0 Å². The summed E-state index contributed by atoms with van der Waals surface area (Å²) in [4.78, 5) is 14.6. The van der Waals surface area contributed by atoms with E-state index in [1.165, 1.54) is 22.3 Å². The minimum atomic E-state index is 0.152. The first kappa shape index (κ1) is 16.6. The Balaban J connectivity index is 1.76. The maximum absolute atomic E-state index is 12.3. The third-order valence-electron chi connectivity index (χ3n) is 5.21. The molecule has 1 amide bonds. The molecule has 1 unspecified atom stereocenters. The van der Waals surface area contributed by atoms with Gasteiger partial charge in [-0.15, -0.1) is 0 Å². The molecule has 1 heterocycles. The van der Waals surface area contributed by atoms with Gasteiger partial charge in [-0.2, -0.15) is 0 Å². The second-order valence-corrected chi connectivity index (χ2v) is 7.82. The molecule has 25 heavy (non-hydrogen) atoms. The predicted molar refractivity (Wildman–Crippen MR) is 102 cm³/mol. The monoisotopic (exact) mass is 354 g/mol. The zero-order chi connectivity index (χ0) is 17.6. The predicted octanol–water partition coefficient (Wildman–Crippen LogP) is 4.57. The van der Waals surface area contributed by atoms with E-state index in [0.717, 1.165) is 36.6 Å². The van der Waals surface area contributed by atoms with E-state index in [1.807, 2.05) is 24.3 Å². The Hall–Kier alpha value is -1.84. The van der Waals surface area contributed by atoms with E-state index in [0.29, 0.717) is 0 Å². The van der Waals surface area contributed by atoms with Crippen molar-refractivity contribution in [3.63, 3.8) is 0 Å². The number of benzene rings is 2. The molecule has 0 aromatic heterocycles. The van der Waals surface area contributed by atoms with Gasteiger partial charge in [-0.25, -0.2) is 0 Å². The molecule has 1 saturated carbocycles. The molecule has 0 spiro atoms. The summed E-state index contributed by atoms with van der Waals surface area (Å²) in [5.41, 5.74) is 5.78. The largest absolute Gasteiger partial charge is 0.326 e. The third kappa shape index (κ3) is 3.31. The van der Waals surface area contributed by atoms with Gasteiger partial charge in [0, 0.05) is 35.6 Å². The molecule has 1 atom stereocenters. The molecule has 1 aliphatic heterocycles. The van der Waals surface area contributed by atoms with Crippen LogP contribution in [0.5, 0.6) is 0 Å². The molecular weight excluding hydrogens is 332 g/mol. The van der Waals surface area contributed by atoms with Gasteiger partial charge in [-0.1, -0.05) is 35.9 Å². The molecule has 130 valence electrons. The standard InChI is InChI=1S/C21H23ClN2O/c1-13-9-16-17(11-24(2)12-18(16)19(22)10-13)15-5-3-4-6-20(15)23-21(25)14-7-8-14/h3-6,9-10,14,17H,7-8,11-12H2,1-2H3,(H,23,25). The minimum absolute atomic E-state index is 0.152. The number of nitrogens with one attached hydrogen (secondary N) is 1. The number of amides is 1. The van der Waals surface area contributed by atoms with Crippen molar-refractivity contribution in [2.24, 2.45) is 5.92 Å². The molecule has 4 rings (SSSR count). The van der Waals surface area contributed by atoms with Gasteiger partial charge >= 0.3 is 0 Å². The van der Waals surface area contributed by atoms with Crippen LogP contribution in [0.4, 0.5) is 5.69 Å². The molecular formula is C21H23ClN2O. The normalized spacial score (nSPS) is 20.2. The fourth-order valence-electron chi connectivity index (χ4n) is 3.78. The van der Waals surface area contributed by atoms with E-state index in [9.17, 15) is 4.79 Å². The Kier molecular flexibility index (Phi) is 4.30. The molecule has 1 N–H and O–H groups in total. The van der Waals surface area contributed by atoms with E-state index < -0.39 is 0 Å². The fourth-order valence-corrected chi connectivity index (χ4v) is 4.12. The molecule has 2 aromatic rings. The van der Waals surface area contributed by atoms with Crippen LogP contribution in [-0.2, 0) is 11.3 Å². The topological polar surface area (TPSA) is 32.3 Å². The Morgan fingerprint density at radius 1 is 1.20 bits per heavy atom. The van der Waals surface area contributed by atoms with Crippen molar-refractivity contribution in [3.05, 3.63) is 63.7 Å². The summed E-state index contributed by atoms with van der Waals surface area (Å²) in [6.45, 7) is 3.87. The lowest BCUT2D eigenvalue weighted by molar-refractivity contribution is -0.117. The molecule has 4 heteroatoms. The van der Waals surface area contributed by atoms with Crippen LogP contribution in [0.3, 0.4) is 0 Å². The summed E-state index contributed by atoms with van der Waals surface area (Å²) in [6, 6.07) is 12.5. The highest BCUT2D eigenvalue weighted by atomic mass is 35.5. The Morgan fingerprint density at radius 2 is 1.96 bits per heavy atom. The Bertz CT molecular complexity index is 829. The van der Waals surface area contributed by atoms with Crippen molar-refractivity contribution < 1.29 is 4.79 Å². The van der Waals surface area contributed by atoms with Crippen LogP contribution < -0.4 is 5.32 Å². The average Bonchev–Trinajstić information content (AvgIpc) is 3.41. The average molecular weight is 355 g/mol. The number of fused-ring (bicyclic) bond motifs is 1. The SMILES string of the molecule is Cc1cc(Cl)c2c(c1)C(c1ccccc1NC(=O)C1CC1)CN(C)C2. The summed E-state index contributed by atoms with van der Waals surface area (Å²) in [5.74, 6) is 0.562. The maximum Gasteiger partial charge on any atom is 0.227 e. The molecule has 2 aliphatic rings. The van der Waals surface area contributed by atoms with Gasteiger partial charge in [0.05, 0.1) is 0 Å². The van der Waals surface area contributed by atoms with E-state index in [2.05, 4.69) is 36.3 Å². The number of aryl methyl sites for hydroxylation is 1. The number of halogens is 1. The van der Waals surface area contributed by atoms with Crippen molar-refractivity contribution in [2.45, 2.75) is 32.2 Å². The van der Waals surface area contributed by atoms with Gasteiger partial charge in [-0.3, -0.25) is 4.79 Å². The Morgan fingerprint density at radius 3 is 2.72 bits per heavy atom. The molecule has 2 aromatic carbocycles. The highest BCUT2D eigenvalue weighted by Gasteiger charge is 2.32. The maximum atomic E-state index is 12.3. The number of para-hydroxylation sites is 1. The van der Waals surface area contributed by atoms with Crippen LogP contribution in [0.15, 0.2) is 36.4 Å².